The Morgan fingerprint density at radius 3 is 2.48 bits per heavy atom. The van der Waals surface area contributed by atoms with Gasteiger partial charge in [-0.25, -0.2) is 0 Å². The Hall–Kier alpha value is -1.68. The summed E-state index contributed by atoms with van der Waals surface area (Å²) in [5.41, 5.74) is 1.26. The fraction of sp³-hybridized carbons (Fsp3) is 0.529. The Bertz CT molecular complexity index is 582. The van der Waals surface area contributed by atoms with Gasteiger partial charge in [-0.1, -0.05) is 30.3 Å². The van der Waals surface area contributed by atoms with E-state index >= 15 is 0 Å². The van der Waals surface area contributed by atoms with Crippen LogP contribution in [0.5, 0.6) is 0 Å². The van der Waals surface area contributed by atoms with Crippen LogP contribution in [0.25, 0.3) is 0 Å². The highest BCUT2D eigenvalue weighted by molar-refractivity contribution is 6.05. The minimum Gasteiger partial charge on any atom is -0.294 e. The number of rotatable bonds is 3. The second-order valence-electron chi connectivity index (χ2n) is 6.61. The number of likely N-dealkylation sites (tertiary alicyclic amines) is 2. The molecule has 4 nitrogen and oxygen atoms in total. The van der Waals surface area contributed by atoms with Crippen LogP contribution in [0, 0.1) is 17.8 Å². The summed E-state index contributed by atoms with van der Waals surface area (Å²) in [5.74, 6) is 0.450. The molecule has 1 aromatic rings. The molecule has 3 atom stereocenters. The van der Waals surface area contributed by atoms with Gasteiger partial charge >= 0.3 is 0 Å². The van der Waals surface area contributed by atoms with Gasteiger partial charge in [0, 0.05) is 26.2 Å². The molecule has 0 spiro atoms. The van der Waals surface area contributed by atoms with Crippen LogP contribution in [-0.4, -0.2) is 41.2 Å². The van der Waals surface area contributed by atoms with Crippen molar-refractivity contribution in [2.45, 2.75) is 25.4 Å². The monoisotopic (exact) mass is 284 g/mol. The zero-order valence-electron chi connectivity index (χ0n) is 12.2. The fourth-order valence-electron chi connectivity index (χ4n) is 4.10. The maximum Gasteiger partial charge on any atom is 0.234 e. The summed E-state index contributed by atoms with van der Waals surface area (Å²) in [6, 6.07) is 10.6. The van der Waals surface area contributed by atoms with Crippen molar-refractivity contribution in [1.82, 2.24) is 9.80 Å². The number of benzene rings is 1. The van der Waals surface area contributed by atoms with E-state index < -0.39 is 0 Å². The molecule has 1 aromatic carbocycles. The van der Waals surface area contributed by atoms with Crippen molar-refractivity contribution < 1.29 is 9.59 Å². The molecule has 3 aliphatic rings. The minimum absolute atomic E-state index is 0.0196. The Balaban J connectivity index is 1.61. The summed E-state index contributed by atoms with van der Waals surface area (Å²) in [6.45, 7) is 1.58. The Kier molecular flexibility index (Phi) is 2.89. The molecule has 0 aromatic heterocycles. The Labute approximate surface area is 124 Å². The van der Waals surface area contributed by atoms with Gasteiger partial charge in [-0.3, -0.25) is 19.4 Å². The Morgan fingerprint density at radius 1 is 1.10 bits per heavy atom. The van der Waals surface area contributed by atoms with Crippen LogP contribution in [-0.2, 0) is 16.1 Å². The first kappa shape index (κ1) is 13.0. The van der Waals surface area contributed by atoms with Crippen molar-refractivity contribution in [2.75, 3.05) is 13.6 Å². The van der Waals surface area contributed by atoms with E-state index in [1.807, 2.05) is 18.2 Å². The van der Waals surface area contributed by atoms with E-state index in [2.05, 4.69) is 17.0 Å². The zero-order chi connectivity index (χ0) is 14.6. The lowest BCUT2D eigenvalue weighted by Crippen LogP contribution is -2.40. The quantitative estimate of drug-likeness (QED) is 0.790. The number of amides is 2. The second-order valence-corrected chi connectivity index (χ2v) is 6.61. The zero-order valence-corrected chi connectivity index (χ0v) is 12.2. The maximum absolute atomic E-state index is 12.4. The van der Waals surface area contributed by atoms with Gasteiger partial charge in [0.05, 0.1) is 11.8 Å². The van der Waals surface area contributed by atoms with E-state index in [1.165, 1.54) is 23.3 Å². The van der Waals surface area contributed by atoms with E-state index in [-0.39, 0.29) is 29.7 Å². The molecule has 2 amide bonds. The molecule has 0 radical (unpaired) electrons. The van der Waals surface area contributed by atoms with Gasteiger partial charge in [0.1, 0.15) is 0 Å². The minimum atomic E-state index is -0.114. The van der Waals surface area contributed by atoms with Gasteiger partial charge in [-0.05, 0) is 24.3 Å². The molecule has 0 bridgehead atoms. The largest absolute Gasteiger partial charge is 0.294 e. The molecule has 3 fully saturated rings. The number of carbonyl (C=O) groups is 2. The summed E-state index contributed by atoms with van der Waals surface area (Å²) >= 11 is 0. The van der Waals surface area contributed by atoms with Crippen LogP contribution in [0.3, 0.4) is 0 Å². The van der Waals surface area contributed by atoms with Crippen LogP contribution >= 0.6 is 0 Å². The molecule has 2 heterocycles. The molecular formula is C17H20N2O2. The fourth-order valence-corrected chi connectivity index (χ4v) is 4.10. The van der Waals surface area contributed by atoms with Crippen molar-refractivity contribution in [2.24, 2.45) is 17.8 Å². The molecule has 4 heteroatoms. The van der Waals surface area contributed by atoms with Crippen LogP contribution in [0.1, 0.15) is 18.4 Å². The third-order valence-corrected chi connectivity index (χ3v) is 5.25. The van der Waals surface area contributed by atoms with Crippen molar-refractivity contribution in [3.63, 3.8) is 0 Å². The summed E-state index contributed by atoms with van der Waals surface area (Å²) in [7, 11) is 1.63. The number of fused-ring (bicyclic) bond motifs is 1. The lowest BCUT2D eigenvalue weighted by atomic mass is 9.90. The SMILES string of the molecule is CN1C(=O)[C@H]2[C@@H](CN(Cc3ccccc3)[C@H]2C2CC2)C1=O. The lowest BCUT2D eigenvalue weighted by Gasteiger charge is -2.28. The molecule has 1 saturated carbocycles. The van der Waals surface area contributed by atoms with Crippen LogP contribution < -0.4 is 0 Å². The molecule has 0 N–H and O–H groups in total. The first-order valence-corrected chi connectivity index (χ1v) is 7.76. The standard InChI is InChI=1S/C17H20N2O2/c1-18-16(20)13-10-19(9-11-5-3-2-4-6-11)15(12-7-8-12)14(13)17(18)21/h2-6,12-15H,7-10H2,1H3/t13-,14+,15+/m1/s1. The van der Waals surface area contributed by atoms with Gasteiger partial charge in [-0.2, -0.15) is 0 Å². The molecule has 110 valence electrons. The summed E-state index contributed by atoms with van der Waals surface area (Å²) in [5, 5.41) is 0. The van der Waals surface area contributed by atoms with Crippen LogP contribution in [0.15, 0.2) is 30.3 Å². The second kappa shape index (κ2) is 4.67. The highest BCUT2D eigenvalue weighted by atomic mass is 16.2. The maximum atomic E-state index is 12.4. The Morgan fingerprint density at radius 2 is 1.81 bits per heavy atom. The summed E-state index contributed by atoms with van der Waals surface area (Å²) < 4.78 is 0. The van der Waals surface area contributed by atoms with Gasteiger partial charge in [-0.15, -0.1) is 0 Å². The van der Waals surface area contributed by atoms with Crippen molar-refractivity contribution in [3.8, 4) is 0 Å². The smallest absolute Gasteiger partial charge is 0.234 e. The first-order valence-electron chi connectivity index (χ1n) is 7.76. The van der Waals surface area contributed by atoms with Gasteiger partial charge in [0.25, 0.3) is 0 Å². The van der Waals surface area contributed by atoms with E-state index in [9.17, 15) is 9.59 Å². The van der Waals surface area contributed by atoms with Crippen LogP contribution in [0.4, 0.5) is 0 Å². The molecule has 4 rings (SSSR count). The molecule has 0 unspecified atom stereocenters. The van der Waals surface area contributed by atoms with Gasteiger partial charge < -0.3 is 0 Å². The highest BCUT2D eigenvalue weighted by Gasteiger charge is 2.59. The average molecular weight is 284 g/mol. The lowest BCUT2D eigenvalue weighted by molar-refractivity contribution is -0.139. The number of hydrogen-bond donors (Lipinski definition) is 0. The summed E-state index contributed by atoms with van der Waals surface area (Å²) in [6.07, 6.45) is 2.40. The van der Waals surface area contributed by atoms with Crippen LogP contribution in [0.2, 0.25) is 0 Å². The van der Waals surface area contributed by atoms with Crippen molar-refractivity contribution in [1.29, 1.82) is 0 Å². The topological polar surface area (TPSA) is 40.6 Å². The predicted octanol–water partition coefficient (Wildman–Crippen LogP) is 1.51. The van der Waals surface area contributed by atoms with E-state index in [0.717, 1.165) is 13.1 Å². The van der Waals surface area contributed by atoms with Crippen molar-refractivity contribution in [3.05, 3.63) is 35.9 Å². The van der Waals surface area contributed by atoms with E-state index in [0.29, 0.717) is 5.92 Å². The summed E-state index contributed by atoms with van der Waals surface area (Å²) in [4.78, 5) is 28.4. The number of nitrogens with zero attached hydrogens (tertiary/aromatic N) is 2. The molecule has 1 aliphatic carbocycles. The molecule has 2 aliphatic heterocycles. The highest BCUT2D eigenvalue weighted by Crippen LogP contribution is 2.48. The number of imide groups is 1. The number of carbonyl (C=O) groups excluding carboxylic acids is 2. The predicted molar refractivity (Wildman–Crippen MR) is 78.1 cm³/mol. The first-order chi connectivity index (χ1) is 10.2. The molecule has 2 saturated heterocycles. The normalized spacial score (nSPS) is 32.8. The van der Waals surface area contributed by atoms with Gasteiger partial charge in [0.2, 0.25) is 11.8 Å². The molecular weight excluding hydrogens is 264 g/mol. The van der Waals surface area contributed by atoms with E-state index in [1.54, 1.807) is 7.05 Å². The average Bonchev–Trinajstić information content (AvgIpc) is 3.24. The third kappa shape index (κ3) is 2.01. The van der Waals surface area contributed by atoms with Gasteiger partial charge in [0.15, 0.2) is 0 Å². The number of hydrogen-bond acceptors (Lipinski definition) is 3. The van der Waals surface area contributed by atoms with E-state index in [4.69, 9.17) is 0 Å². The van der Waals surface area contributed by atoms with Crippen molar-refractivity contribution >= 4 is 11.8 Å². The third-order valence-electron chi connectivity index (χ3n) is 5.25. The molecule has 21 heavy (non-hydrogen) atoms.